The molecule has 5 heteroatoms. The molecule has 4 aromatic rings. The molecule has 4 aromatic carbocycles. The van der Waals surface area contributed by atoms with Crippen LogP contribution < -0.4 is 15.4 Å². The highest BCUT2D eigenvalue weighted by molar-refractivity contribution is 6.04. The molecule has 33 heavy (non-hydrogen) atoms. The number of carbonyl (C=O) groups excluding carboxylic acids is 2. The van der Waals surface area contributed by atoms with Crippen LogP contribution in [0, 0.1) is 13.8 Å². The molecule has 2 amide bonds. The Bertz CT molecular complexity index is 1140. The Morgan fingerprint density at radius 1 is 0.515 bits per heavy atom. The Balaban J connectivity index is 1.33. The van der Waals surface area contributed by atoms with Gasteiger partial charge in [-0.15, -0.1) is 0 Å². The molecular weight excluding hydrogens is 412 g/mol. The summed E-state index contributed by atoms with van der Waals surface area (Å²) in [7, 11) is 0. The van der Waals surface area contributed by atoms with Gasteiger partial charge in [-0.05, 0) is 86.6 Å². The average molecular weight is 437 g/mol. The molecule has 0 radical (unpaired) electrons. The number of hydrogen-bond donors (Lipinski definition) is 2. The smallest absolute Gasteiger partial charge is 0.255 e. The molecule has 0 aromatic heterocycles. The fourth-order valence-electron chi connectivity index (χ4n) is 3.17. The van der Waals surface area contributed by atoms with Gasteiger partial charge in [-0.25, -0.2) is 0 Å². The van der Waals surface area contributed by atoms with Crippen molar-refractivity contribution in [3.63, 3.8) is 0 Å². The van der Waals surface area contributed by atoms with Gasteiger partial charge in [0.15, 0.2) is 0 Å². The van der Waals surface area contributed by atoms with Crippen molar-refractivity contribution in [3.05, 3.63) is 119 Å². The van der Waals surface area contributed by atoms with E-state index in [1.54, 1.807) is 72.8 Å². The van der Waals surface area contributed by atoms with Crippen molar-refractivity contribution < 1.29 is 14.3 Å². The SMILES string of the molecule is Cc1ccc(C(=O)Nc2ccc(Oc3ccc(NC(=O)c4ccc(C)cc4)cc3)cc2)cc1. The van der Waals surface area contributed by atoms with Gasteiger partial charge in [0.05, 0.1) is 0 Å². The Kier molecular flexibility index (Phi) is 6.51. The van der Waals surface area contributed by atoms with Gasteiger partial charge in [0.25, 0.3) is 11.8 Å². The molecule has 0 fully saturated rings. The van der Waals surface area contributed by atoms with Crippen LogP contribution >= 0.6 is 0 Å². The van der Waals surface area contributed by atoms with Crippen molar-refractivity contribution in [1.82, 2.24) is 0 Å². The molecule has 0 bridgehead atoms. The van der Waals surface area contributed by atoms with Crippen LogP contribution in [0.3, 0.4) is 0 Å². The molecule has 0 atom stereocenters. The third-order valence-corrected chi connectivity index (χ3v) is 5.09. The zero-order valence-corrected chi connectivity index (χ0v) is 18.5. The Morgan fingerprint density at radius 3 is 1.18 bits per heavy atom. The second-order valence-electron chi connectivity index (χ2n) is 7.79. The first-order valence-corrected chi connectivity index (χ1v) is 10.6. The molecular formula is C28H24N2O3. The molecule has 164 valence electrons. The van der Waals surface area contributed by atoms with E-state index < -0.39 is 0 Å². The largest absolute Gasteiger partial charge is 0.457 e. The Labute approximate surface area is 193 Å². The van der Waals surface area contributed by atoms with Crippen LogP contribution in [-0.4, -0.2) is 11.8 Å². The molecule has 5 nitrogen and oxygen atoms in total. The van der Waals surface area contributed by atoms with Gasteiger partial charge >= 0.3 is 0 Å². The highest BCUT2D eigenvalue weighted by atomic mass is 16.5. The van der Waals surface area contributed by atoms with E-state index in [2.05, 4.69) is 10.6 Å². The maximum absolute atomic E-state index is 12.3. The molecule has 0 unspecified atom stereocenters. The van der Waals surface area contributed by atoms with Gasteiger partial charge in [-0.1, -0.05) is 35.4 Å². The number of benzene rings is 4. The lowest BCUT2D eigenvalue weighted by Crippen LogP contribution is -2.11. The third kappa shape index (κ3) is 5.86. The molecule has 0 aliphatic rings. The quantitative estimate of drug-likeness (QED) is 0.358. The molecule has 0 heterocycles. The topological polar surface area (TPSA) is 67.4 Å². The van der Waals surface area contributed by atoms with E-state index in [0.717, 1.165) is 11.1 Å². The predicted molar refractivity (Wildman–Crippen MR) is 131 cm³/mol. The van der Waals surface area contributed by atoms with Crippen molar-refractivity contribution in [3.8, 4) is 11.5 Å². The zero-order chi connectivity index (χ0) is 23.2. The lowest BCUT2D eigenvalue weighted by atomic mass is 10.1. The summed E-state index contributed by atoms with van der Waals surface area (Å²) in [5.41, 5.74) is 4.79. The van der Waals surface area contributed by atoms with Gasteiger partial charge in [0.2, 0.25) is 0 Å². The van der Waals surface area contributed by atoms with Crippen molar-refractivity contribution in [1.29, 1.82) is 0 Å². The number of anilines is 2. The summed E-state index contributed by atoms with van der Waals surface area (Å²) in [5, 5.41) is 5.75. The number of aryl methyl sites for hydroxylation is 2. The van der Waals surface area contributed by atoms with E-state index >= 15 is 0 Å². The minimum Gasteiger partial charge on any atom is -0.457 e. The van der Waals surface area contributed by atoms with Crippen molar-refractivity contribution in [2.45, 2.75) is 13.8 Å². The number of rotatable bonds is 6. The number of hydrogen-bond acceptors (Lipinski definition) is 3. The van der Waals surface area contributed by atoms with Crippen LogP contribution in [0.15, 0.2) is 97.1 Å². The van der Waals surface area contributed by atoms with Crippen LogP contribution in [0.25, 0.3) is 0 Å². The first kappa shape index (κ1) is 21.8. The van der Waals surface area contributed by atoms with E-state index in [4.69, 9.17) is 4.74 Å². The Morgan fingerprint density at radius 2 is 0.848 bits per heavy atom. The molecule has 0 aliphatic heterocycles. The van der Waals surface area contributed by atoms with Crippen molar-refractivity contribution in [2.75, 3.05) is 10.6 Å². The van der Waals surface area contributed by atoms with Crippen LogP contribution in [0.5, 0.6) is 11.5 Å². The summed E-state index contributed by atoms with van der Waals surface area (Å²) in [6.45, 7) is 3.96. The number of amides is 2. The molecule has 2 N–H and O–H groups in total. The minimum absolute atomic E-state index is 0.160. The number of nitrogens with one attached hydrogen (secondary N) is 2. The molecule has 0 spiro atoms. The lowest BCUT2D eigenvalue weighted by molar-refractivity contribution is 0.101. The summed E-state index contributed by atoms with van der Waals surface area (Å²) in [5.74, 6) is 0.957. The predicted octanol–water partition coefficient (Wildman–Crippen LogP) is 6.60. The highest BCUT2D eigenvalue weighted by Gasteiger charge is 2.07. The fourth-order valence-corrected chi connectivity index (χ4v) is 3.17. The molecule has 0 saturated carbocycles. The number of ether oxygens (including phenoxy) is 1. The summed E-state index contributed by atoms with van der Waals surface area (Å²) >= 11 is 0. The minimum atomic E-state index is -0.160. The molecule has 0 saturated heterocycles. The standard InChI is InChI=1S/C28H24N2O3/c1-19-3-7-21(8-4-19)27(31)29-23-11-15-25(16-12-23)33-26-17-13-24(14-18-26)30-28(32)22-9-5-20(2)6-10-22/h3-18H,1-2H3,(H,29,31)(H,30,32). The summed E-state index contributed by atoms with van der Waals surface area (Å²) in [6, 6.07) is 29.1. The number of carbonyl (C=O) groups is 2. The third-order valence-electron chi connectivity index (χ3n) is 5.09. The van der Waals surface area contributed by atoms with Gasteiger partial charge in [0, 0.05) is 22.5 Å². The van der Waals surface area contributed by atoms with Crippen LogP contribution in [0.4, 0.5) is 11.4 Å². The summed E-state index contributed by atoms with van der Waals surface area (Å²) in [4.78, 5) is 24.7. The first-order valence-electron chi connectivity index (χ1n) is 10.6. The lowest BCUT2D eigenvalue weighted by Gasteiger charge is -2.10. The molecule has 4 rings (SSSR count). The highest BCUT2D eigenvalue weighted by Crippen LogP contribution is 2.25. The second kappa shape index (κ2) is 9.83. The van der Waals surface area contributed by atoms with E-state index in [1.165, 1.54) is 0 Å². The Hall–Kier alpha value is -4.38. The van der Waals surface area contributed by atoms with Gasteiger partial charge in [-0.2, -0.15) is 0 Å². The van der Waals surface area contributed by atoms with E-state index in [-0.39, 0.29) is 11.8 Å². The van der Waals surface area contributed by atoms with E-state index in [1.807, 2.05) is 38.1 Å². The van der Waals surface area contributed by atoms with Gasteiger partial charge < -0.3 is 15.4 Å². The monoisotopic (exact) mass is 436 g/mol. The second-order valence-corrected chi connectivity index (χ2v) is 7.79. The van der Waals surface area contributed by atoms with E-state index in [0.29, 0.717) is 34.0 Å². The van der Waals surface area contributed by atoms with E-state index in [9.17, 15) is 9.59 Å². The van der Waals surface area contributed by atoms with Crippen LogP contribution in [0.2, 0.25) is 0 Å². The van der Waals surface area contributed by atoms with Crippen molar-refractivity contribution >= 4 is 23.2 Å². The van der Waals surface area contributed by atoms with Gasteiger partial charge in [0.1, 0.15) is 11.5 Å². The summed E-state index contributed by atoms with van der Waals surface area (Å²) < 4.78 is 5.87. The average Bonchev–Trinajstić information content (AvgIpc) is 2.82. The first-order chi connectivity index (χ1) is 16.0. The molecule has 0 aliphatic carbocycles. The van der Waals surface area contributed by atoms with Crippen LogP contribution in [-0.2, 0) is 0 Å². The maximum atomic E-state index is 12.3. The van der Waals surface area contributed by atoms with Crippen molar-refractivity contribution in [2.24, 2.45) is 0 Å². The normalized spacial score (nSPS) is 10.4. The maximum Gasteiger partial charge on any atom is 0.255 e. The van der Waals surface area contributed by atoms with Gasteiger partial charge in [-0.3, -0.25) is 9.59 Å². The van der Waals surface area contributed by atoms with Crippen LogP contribution in [0.1, 0.15) is 31.8 Å². The summed E-state index contributed by atoms with van der Waals surface area (Å²) in [6.07, 6.45) is 0. The fraction of sp³-hybridized carbons (Fsp3) is 0.0714. The zero-order valence-electron chi connectivity index (χ0n) is 18.5.